The van der Waals surface area contributed by atoms with Gasteiger partial charge in [-0.15, -0.1) is 0 Å². The average molecular weight is 361 g/mol. The number of ether oxygens (including phenoxy) is 1. The van der Waals surface area contributed by atoms with E-state index in [9.17, 15) is 9.59 Å². The Morgan fingerprint density at radius 3 is 2.54 bits per heavy atom. The second kappa shape index (κ2) is 7.99. The van der Waals surface area contributed by atoms with Crippen molar-refractivity contribution < 1.29 is 14.3 Å². The van der Waals surface area contributed by atoms with Gasteiger partial charge in [0.2, 0.25) is 5.95 Å². The van der Waals surface area contributed by atoms with Crippen molar-refractivity contribution in [3.05, 3.63) is 17.0 Å². The number of rotatable bonds is 5. The molecule has 1 saturated heterocycles. The van der Waals surface area contributed by atoms with Crippen molar-refractivity contribution in [1.82, 2.24) is 19.8 Å². The zero-order valence-electron chi connectivity index (χ0n) is 15.7. The van der Waals surface area contributed by atoms with Crippen LogP contribution in [0.3, 0.4) is 0 Å². The highest BCUT2D eigenvalue weighted by Gasteiger charge is 2.32. The molecule has 142 valence electrons. The molecule has 3 rings (SSSR count). The van der Waals surface area contributed by atoms with E-state index in [1.54, 1.807) is 19.1 Å². The Bertz CT molecular complexity index is 684. The molecule has 26 heavy (non-hydrogen) atoms. The van der Waals surface area contributed by atoms with Gasteiger partial charge >= 0.3 is 0 Å². The van der Waals surface area contributed by atoms with Gasteiger partial charge in [-0.1, -0.05) is 6.92 Å². The standard InChI is InChI=1S/C18H27N5O3/c1-4-14(26-3)16(24)23-10-7-13-12(11-23)15(21-18(19-2)20-13)17(25)22-8-5-6-9-22/h14H,4-11H2,1-3H3,(H,19,20,21)/t14-/m1/s1. The molecule has 0 spiro atoms. The van der Waals surface area contributed by atoms with Crippen LogP contribution in [0, 0.1) is 0 Å². The second-order valence-corrected chi connectivity index (χ2v) is 6.71. The first kappa shape index (κ1) is 18.6. The molecule has 8 nitrogen and oxygen atoms in total. The molecular weight excluding hydrogens is 334 g/mol. The Kier molecular flexibility index (Phi) is 5.70. The molecule has 3 heterocycles. The first-order valence-electron chi connectivity index (χ1n) is 9.27. The lowest BCUT2D eigenvalue weighted by atomic mass is 10.0. The summed E-state index contributed by atoms with van der Waals surface area (Å²) in [4.78, 5) is 38.2. The van der Waals surface area contributed by atoms with Crippen LogP contribution < -0.4 is 5.32 Å². The van der Waals surface area contributed by atoms with Gasteiger partial charge in [0.25, 0.3) is 11.8 Å². The summed E-state index contributed by atoms with van der Waals surface area (Å²) in [5.41, 5.74) is 2.04. The van der Waals surface area contributed by atoms with Crippen LogP contribution in [0.4, 0.5) is 5.95 Å². The van der Waals surface area contributed by atoms with E-state index in [0.717, 1.165) is 37.2 Å². The molecule has 0 radical (unpaired) electrons. The van der Waals surface area contributed by atoms with Crippen molar-refractivity contribution >= 4 is 17.8 Å². The number of amides is 2. The van der Waals surface area contributed by atoms with E-state index < -0.39 is 6.10 Å². The molecule has 0 saturated carbocycles. The number of nitrogens with zero attached hydrogens (tertiary/aromatic N) is 4. The number of hydrogen-bond donors (Lipinski definition) is 1. The number of carbonyl (C=O) groups is 2. The fourth-order valence-electron chi connectivity index (χ4n) is 3.61. The van der Waals surface area contributed by atoms with Crippen LogP contribution in [-0.2, 0) is 22.5 Å². The van der Waals surface area contributed by atoms with Crippen LogP contribution in [0.2, 0.25) is 0 Å². The van der Waals surface area contributed by atoms with Gasteiger partial charge in [-0.2, -0.15) is 0 Å². The number of fused-ring (bicyclic) bond motifs is 1. The molecule has 2 aliphatic heterocycles. The summed E-state index contributed by atoms with van der Waals surface area (Å²) in [6.07, 6.45) is 2.82. The topological polar surface area (TPSA) is 87.7 Å². The van der Waals surface area contributed by atoms with E-state index in [0.29, 0.717) is 37.6 Å². The average Bonchev–Trinajstić information content (AvgIpc) is 3.21. The lowest BCUT2D eigenvalue weighted by Gasteiger charge is -2.32. The summed E-state index contributed by atoms with van der Waals surface area (Å²) < 4.78 is 5.29. The van der Waals surface area contributed by atoms with Gasteiger partial charge in [-0.05, 0) is 19.3 Å². The molecule has 0 aromatic carbocycles. The maximum atomic E-state index is 13.0. The fourth-order valence-corrected chi connectivity index (χ4v) is 3.61. The quantitative estimate of drug-likeness (QED) is 0.844. The highest BCUT2D eigenvalue weighted by Crippen LogP contribution is 2.25. The minimum Gasteiger partial charge on any atom is -0.372 e. The van der Waals surface area contributed by atoms with E-state index >= 15 is 0 Å². The van der Waals surface area contributed by atoms with Crippen LogP contribution in [0.25, 0.3) is 0 Å². The minimum absolute atomic E-state index is 0.0436. The molecule has 1 N–H and O–H groups in total. The molecule has 8 heteroatoms. The van der Waals surface area contributed by atoms with Crippen LogP contribution in [0.15, 0.2) is 0 Å². The third-order valence-electron chi connectivity index (χ3n) is 5.12. The van der Waals surface area contributed by atoms with E-state index in [-0.39, 0.29) is 11.8 Å². The van der Waals surface area contributed by atoms with E-state index in [1.807, 2.05) is 11.8 Å². The summed E-state index contributed by atoms with van der Waals surface area (Å²) in [5, 5.41) is 2.94. The van der Waals surface area contributed by atoms with Crippen molar-refractivity contribution in [2.45, 2.75) is 45.3 Å². The van der Waals surface area contributed by atoms with E-state index in [2.05, 4.69) is 15.3 Å². The predicted molar refractivity (Wildman–Crippen MR) is 96.9 cm³/mol. The van der Waals surface area contributed by atoms with Gasteiger partial charge in [-0.3, -0.25) is 9.59 Å². The summed E-state index contributed by atoms with van der Waals surface area (Å²) in [5.74, 6) is 0.345. The lowest BCUT2D eigenvalue weighted by molar-refractivity contribution is -0.143. The van der Waals surface area contributed by atoms with Crippen LogP contribution >= 0.6 is 0 Å². The van der Waals surface area contributed by atoms with E-state index in [4.69, 9.17) is 4.74 Å². The number of likely N-dealkylation sites (tertiary alicyclic amines) is 1. The predicted octanol–water partition coefficient (Wildman–Crippen LogP) is 1.06. The molecule has 1 aromatic rings. The molecule has 2 aliphatic rings. The second-order valence-electron chi connectivity index (χ2n) is 6.71. The van der Waals surface area contributed by atoms with Crippen LogP contribution in [0.5, 0.6) is 0 Å². The zero-order valence-corrected chi connectivity index (χ0v) is 15.7. The third kappa shape index (κ3) is 3.51. The van der Waals surface area contributed by atoms with Gasteiger partial charge in [0.05, 0.1) is 5.69 Å². The van der Waals surface area contributed by atoms with Crippen LogP contribution in [0.1, 0.15) is 47.9 Å². The van der Waals surface area contributed by atoms with Crippen LogP contribution in [-0.4, -0.2) is 71.5 Å². The lowest BCUT2D eigenvalue weighted by Crippen LogP contribution is -2.44. The van der Waals surface area contributed by atoms with Crippen molar-refractivity contribution in [1.29, 1.82) is 0 Å². The normalized spacial score (nSPS) is 17.8. The zero-order chi connectivity index (χ0) is 18.7. The van der Waals surface area contributed by atoms with Gasteiger partial charge in [0.15, 0.2) is 0 Å². The number of nitrogens with one attached hydrogen (secondary N) is 1. The Morgan fingerprint density at radius 1 is 1.19 bits per heavy atom. The molecule has 0 unspecified atom stereocenters. The molecule has 1 atom stereocenters. The number of anilines is 1. The number of hydrogen-bond acceptors (Lipinski definition) is 6. The monoisotopic (exact) mass is 361 g/mol. The first-order valence-corrected chi connectivity index (χ1v) is 9.27. The van der Waals surface area contributed by atoms with Crippen molar-refractivity contribution in [2.24, 2.45) is 0 Å². The molecule has 0 aliphatic carbocycles. The highest BCUT2D eigenvalue weighted by molar-refractivity contribution is 5.94. The highest BCUT2D eigenvalue weighted by atomic mass is 16.5. The minimum atomic E-state index is -0.452. The van der Waals surface area contributed by atoms with Crippen molar-refractivity contribution in [3.63, 3.8) is 0 Å². The Hall–Kier alpha value is -2.22. The Morgan fingerprint density at radius 2 is 1.92 bits per heavy atom. The van der Waals surface area contributed by atoms with Crippen molar-refractivity contribution in [3.8, 4) is 0 Å². The largest absolute Gasteiger partial charge is 0.372 e. The summed E-state index contributed by atoms with van der Waals surface area (Å²) >= 11 is 0. The van der Waals surface area contributed by atoms with Crippen molar-refractivity contribution in [2.75, 3.05) is 39.1 Å². The summed E-state index contributed by atoms with van der Waals surface area (Å²) in [6, 6.07) is 0. The fraction of sp³-hybridized carbons (Fsp3) is 0.667. The SMILES string of the molecule is CC[C@@H](OC)C(=O)N1CCc2nc(NC)nc(C(=O)N3CCCC3)c2C1. The molecule has 0 bridgehead atoms. The molecule has 2 amide bonds. The number of carbonyl (C=O) groups excluding carboxylic acids is 2. The first-order chi connectivity index (χ1) is 12.6. The maximum absolute atomic E-state index is 13.0. The summed E-state index contributed by atoms with van der Waals surface area (Å²) in [7, 11) is 3.30. The summed E-state index contributed by atoms with van der Waals surface area (Å²) in [6.45, 7) is 4.37. The molecule has 1 aromatic heterocycles. The number of aromatic nitrogens is 2. The van der Waals surface area contributed by atoms with Gasteiger partial charge in [0, 0.05) is 52.3 Å². The third-order valence-corrected chi connectivity index (χ3v) is 5.12. The Balaban J connectivity index is 1.92. The number of methoxy groups -OCH3 is 1. The van der Waals surface area contributed by atoms with E-state index in [1.165, 1.54) is 0 Å². The Labute approximate surface area is 153 Å². The molecule has 1 fully saturated rings. The molecular formula is C18H27N5O3. The van der Waals surface area contributed by atoms with Gasteiger partial charge in [0.1, 0.15) is 11.8 Å². The van der Waals surface area contributed by atoms with Gasteiger partial charge < -0.3 is 19.9 Å². The smallest absolute Gasteiger partial charge is 0.273 e. The van der Waals surface area contributed by atoms with Gasteiger partial charge in [-0.25, -0.2) is 9.97 Å². The maximum Gasteiger partial charge on any atom is 0.273 e.